The van der Waals surface area contributed by atoms with E-state index in [1.165, 1.54) is 0 Å². The van der Waals surface area contributed by atoms with Gasteiger partial charge in [-0.05, 0) is 32.0 Å². The Morgan fingerprint density at radius 3 is 2.83 bits per heavy atom. The Balaban J connectivity index is 1.74. The van der Waals surface area contributed by atoms with Gasteiger partial charge in [0.15, 0.2) is 0 Å². The molecule has 0 bridgehead atoms. The number of hydrogen-bond acceptors (Lipinski definition) is 4. The van der Waals surface area contributed by atoms with E-state index in [2.05, 4.69) is 20.5 Å². The summed E-state index contributed by atoms with van der Waals surface area (Å²) in [7, 11) is 0. The minimum absolute atomic E-state index is 0.107. The molecule has 1 atom stereocenters. The fraction of sp³-hybridized carbons (Fsp3) is 0.250. The Morgan fingerprint density at radius 1 is 1.33 bits per heavy atom. The van der Waals surface area contributed by atoms with Gasteiger partial charge in [0.25, 0.3) is 5.91 Å². The molecule has 0 spiro atoms. The van der Waals surface area contributed by atoms with Crippen molar-refractivity contribution in [1.82, 2.24) is 29.9 Å². The Hall–Kier alpha value is -2.67. The number of nitrogens with one attached hydrogen (secondary N) is 1. The van der Waals surface area contributed by atoms with Crippen LogP contribution in [0.4, 0.5) is 0 Å². The van der Waals surface area contributed by atoms with Crippen LogP contribution >= 0.6 is 11.6 Å². The molecule has 0 aliphatic rings. The zero-order valence-electron chi connectivity index (χ0n) is 13.3. The Bertz CT molecular complexity index is 842. The predicted molar refractivity (Wildman–Crippen MR) is 90.3 cm³/mol. The van der Waals surface area contributed by atoms with Crippen molar-refractivity contribution in [2.24, 2.45) is 0 Å². The maximum Gasteiger partial charge on any atom is 0.291 e. The van der Waals surface area contributed by atoms with Crippen LogP contribution in [0.1, 0.15) is 23.4 Å². The summed E-state index contributed by atoms with van der Waals surface area (Å²) in [6.45, 7) is 4.25. The second-order valence-corrected chi connectivity index (χ2v) is 5.86. The summed E-state index contributed by atoms with van der Waals surface area (Å²) in [5.74, 6) is 0.372. The van der Waals surface area contributed by atoms with Gasteiger partial charge in [-0.1, -0.05) is 23.7 Å². The van der Waals surface area contributed by atoms with E-state index in [4.69, 9.17) is 11.6 Å². The first-order valence-corrected chi connectivity index (χ1v) is 7.89. The fourth-order valence-electron chi connectivity index (χ4n) is 2.36. The molecule has 124 valence electrons. The number of carbonyl (C=O) groups excluding carboxylic acids is 1. The summed E-state index contributed by atoms with van der Waals surface area (Å²) in [6.07, 6.45) is 3.54. The molecule has 0 saturated heterocycles. The molecular formula is C16H17ClN6O. The number of aryl methyl sites for hydroxylation is 1. The van der Waals surface area contributed by atoms with E-state index >= 15 is 0 Å². The van der Waals surface area contributed by atoms with Crippen LogP contribution in [0, 0.1) is 6.92 Å². The van der Waals surface area contributed by atoms with Crippen molar-refractivity contribution >= 4 is 17.5 Å². The molecule has 1 amide bonds. The third-order valence-corrected chi connectivity index (χ3v) is 3.77. The highest BCUT2D eigenvalue weighted by Gasteiger charge is 2.18. The number of rotatable bonds is 5. The summed E-state index contributed by atoms with van der Waals surface area (Å²) in [4.78, 5) is 16.6. The van der Waals surface area contributed by atoms with Crippen LogP contribution in [-0.2, 0) is 6.54 Å². The standard InChI is InChI=1S/C16H17ClN6O/c1-11(10-22-9-5-8-18-22)19-16(24)15-20-12(2)23(21-15)14-7-4-3-6-13(14)17/h3-9,11H,10H2,1-2H3,(H,19,24)/t11-/m0/s1. The summed E-state index contributed by atoms with van der Waals surface area (Å²) < 4.78 is 3.32. The van der Waals surface area contributed by atoms with Crippen molar-refractivity contribution < 1.29 is 4.79 Å². The molecule has 24 heavy (non-hydrogen) atoms. The molecule has 2 aromatic heterocycles. The van der Waals surface area contributed by atoms with Gasteiger partial charge in [0.05, 0.1) is 17.3 Å². The normalized spacial score (nSPS) is 12.1. The van der Waals surface area contributed by atoms with Gasteiger partial charge in [-0.15, -0.1) is 5.10 Å². The summed E-state index contributed by atoms with van der Waals surface area (Å²) in [6, 6.07) is 9.02. The summed E-state index contributed by atoms with van der Waals surface area (Å²) >= 11 is 6.18. The van der Waals surface area contributed by atoms with E-state index in [0.717, 1.165) is 0 Å². The largest absolute Gasteiger partial charge is 0.345 e. The molecule has 1 aromatic carbocycles. The third kappa shape index (κ3) is 3.46. The molecule has 0 aliphatic heterocycles. The third-order valence-electron chi connectivity index (χ3n) is 3.45. The Labute approximate surface area is 144 Å². The first-order chi connectivity index (χ1) is 11.5. The SMILES string of the molecule is Cc1nc(C(=O)N[C@@H](C)Cn2cccn2)nn1-c1ccccc1Cl. The van der Waals surface area contributed by atoms with Crippen molar-refractivity contribution in [2.45, 2.75) is 26.4 Å². The molecule has 0 aliphatic carbocycles. The highest BCUT2D eigenvalue weighted by molar-refractivity contribution is 6.32. The Kier molecular flexibility index (Phi) is 4.61. The Morgan fingerprint density at radius 2 is 2.12 bits per heavy atom. The molecule has 1 N–H and O–H groups in total. The maximum atomic E-state index is 12.4. The average Bonchev–Trinajstić information content (AvgIpc) is 3.17. The van der Waals surface area contributed by atoms with Crippen molar-refractivity contribution in [2.75, 3.05) is 0 Å². The molecule has 3 rings (SSSR count). The minimum atomic E-state index is -0.330. The number of amides is 1. The lowest BCUT2D eigenvalue weighted by molar-refractivity contribution is 0.0925. The number of aromatic nitrogens is 5. The summed E-state index contributed by atoms with van der Waals surface area (Å²) in [5, 5.41) is 11.8. The molecule has 0 saturated carbocycles. The van der Waals surface area contributed by atoms with Crippen molar-refractivity contribution in [3.8, 4) is 5.69 Å². The lowest BCUT2D eigenvalue weighted by Crippen LogP contribution is -2.36. The first kappa shape index (κ1) is 16.2. The number of nitrogens with zero attached hydrogens (tertiary/aromatic N) is 5. The van der Waals surface area contributed by atoms with Crippen LogP contribution in [0.3, 0.4) is 0 Å². The molecule has 0 radical (unpaired) electrons. The first-order valence-electron chi connectivity index (χ1n) is 7.51. The van der Waals surface area contributed by atoms with Gasteiger partial charge in [0.2, 0.25) is 5.82 Å². The van der Waals surface area contributed by atoms with Gasteiger partial charge in [-0.25, -0.2) is 9.67 Å². The van der Waals surface area contributed by atoms with Crippen LogP contribution in [0.5, 0.6) is 0 Å². The van der Waals surface area contributed by atoms with Gasteiger partial charge in [-0.2, -0.15) is 5.10 Å². The van der Waals surface area contributed by atoms with Gasteiger partial charge in [0, 0.05) is 18.4 Å². The summed E-state index contributed by atoms with van der Waals surface area (Å²) in [5.41, 5.74) is 0.688. The predicted octanol–water partition coefficient (Wildman–Crippen LogP) is 2.24. The number of para-hydroxylation sites is 1. The van der Waals surface area contributed by atoms with E-state index < -0.39 is 0 Å². The zero-order valence-corrected chi connectivity index (χ0v) is 14.1. The van der Waals surface area contributed by atoms with Gasteiger partial charge in [-0.3, -0.25) is 9.48 Å². The number of benzene rings is 1. The molecule has 0 fully saturated rings. The maximum absolute atomic E-state index is 12.4. The second kappa shape index (κ2) is 6.84. The quantitative estimate of drug-likeness (QED) is 0.770. The van der Waals surface area contributed by atoms with E-state index in [0.29, 0.717) is 23.1 Å². The van der Waals surface area contributed by atoms with E-state index in [-0.39, 0.29) is 17.8 Å². The van der Waals surface area contributed by atoms with Crippen LogP contribution in [0.15, 0.2) is 42.7 Å². The highest BCUT2D eigenvalue weighted by atomic mass is 35.5. The topological polar surface area (TPSA) is 77.6 Å². The van der Waals surface area contributed by atoms with Crippen LogP contribution < -0.4 is 5.32 Å². The monoisotopic (exact) mass is 344 g/mol. The lowest BCUT2D eigenvalue weighted by atomic mass is 10.3. The smallest absolute Gasteiger partial charge is 0.291 e. The van der Waals surface area contributed by atoms with Gasteiger partial charge in [0.1, 0.15) is 5.82 Å². The number of carbonyl (C=O) groups is 1. The molecule has 2 heterocycles. The van der Waals surface area contributed by atoms with Crippen LogP contribution in [0.25, 0.3) is 5.69 Å². The van der Waals surface area contributed by atoms with Crippen LogP contribution in [-0.4, -0.2) is 36.5 Å². The van der Waals surface area contributed by atoms with Crippen molar-refractivity contribution in [3.63, 3.8) is 0 Å². The minimum Gasteiger partial charge on any atom is -0.345 e. The zero-order chi connectivity index (χ0) is 17.1. The highest BCUT2D eigenvalue weighted by Crippen LogP contribution is 2.20. The average molecular weight is 345 g/mol. The van der Waals surface area contributed by atoms with Gasteiger partial charge >= 0.3 is 0 Å². The second-order valence-electron chi connectivity index (χ2n) is 5.45. The van der Waals surface area contributed by atoms with Crippen molar-refractivity contribution in [3.05, 3.63) is 59.4 Å². The van der Waals surface area contributed by atoms with Crippen molar-refractivity contribution in [1.29, 1.82) is 0 Å². The fourth-order valence-corrected chi connectivity index (χ4v) is 2.58. The number of hydrogen-bond donors (Lipinski definition) is 1. The van der Waals surface area contributed by atoms with E-state index in [1.807, 2.05) is 37.4 Å². The van der Waals surface area contributed by atoms with Gasteiger partial charge < -0.3 is 5.32 Å². The molecule has 8 heteroatoms. The number of halogens is 1. The van der Waals surface area contributed by atoms with E-state index in [9.17, 15) is 4.79 Å². The molecular weight excluding hydrogens is 328 g/mol. The van der Waals surface area contributed by atoms with Crippen LogP contribution in [0.2, 0.25) is 5.02 Å². The molecule has 3 aromatic rings. The lowest BCUT2D eigenvalue weighted by Gasteiger charge is -2.12. The molecule has 0 unspecified atom stereocenters. The molecule has 7 nitrogen and oxygen atoms in total. The van der Waals surface area contributed by atoms with E-state index in [1.54, 1.807) is 28.6 Å².